The van der Waals surface area contributed by atoms with Crippen molar-refractivity contribution in [2.45, 2.75) is 52.6 Å². The molecule has 32 heavy (non-hydrogen) atoms. The van der Waals surface area contributed by atoms with Gasteiger partial charge >= 0.3 is 0 Å². The Morgan fingerprint density at radius 2 is 1.72 bits per heavy atom. The summed E-state index contributed by atoms with van der Waals surface area (Å²) in [5.41, 5.74) is 4.85. The monoisotopic (exact) mass is 432 g/mol. The number of nitrogens with zero attached hydrogens (tertiary/aromatic N) is 2. The van der Waals surface area contributed by atoms with E-state index >= 15 is 0 Å². The fraction of sp³-hybridized carbons (Fsp3) is 0.407. The maximum atomic E-state index is 13.2. The molecular formula is C27H32N2O3. The van der Waals surface area contributed by atoms with Crippen LogP contribution in [0.2, 0.25) is 0 Å². The number of ether oxygens (including phenoxy) is 1. The second-order valence-electron chi connectivity index (χ2n) is 9.89. The first kappa shape index (κ1) is 22.3. The quantitative estimate of drug-likeness (QED) is 0.666. The number of rotatable bonds is 5. The minimum absolute atomic E-state index is 0.0316. The third kappa shape index (κ3) is 4.35. The van der Waals surface area contributed by atoms with Gasteiger partial charge in [-0.05, 0) is 47.6 Å². The van der Waals surface area contributed by atoms with Gasteiger partial charge < -0.3 is 4.74 Å². The van der Waals surface area contributed by atoms with Crippen LogP contribution in [0.5, 0.6) is 5.75 Å². The molecule has 1 amide bonds. The third-order valence-electron chi connectivity index (χ3n) is 6.45. The van der Waals surface area contributed by atoms with Crippen LogP contribution >= 0.6 is 0 Å². The van der Waals surface area contributed by atoms with Gasteiger partial charge in [0.1, 0.15) is 12.4 Å². The summed E-state index contributed by atoms with van der Waals surface area (Å²) < 4.78 is 5.98. The topological polar surface area (TPSA) is 49.9 Å². The van der Waals surface area contributed by atoms with Gasteiger partial charge in [0.25, 0.3) is 0 Å². The lowest BCUT2D eigenvalue weighted by Crippen LogP contribution is -2.49. The molecule has 1 heterocycles. The molecule has 0 spiro atoms. The van der Waals surface area contributed by atoms with E-state index in [0.717, 1.165) is 28.1 Å². The molecule has 1 atom stereocenters. The predicted octanol–water partition coefficient (Wildman–Crippen LogP) is 5.01. The Bertz CT molecular complexity index is 1070. The molecule has 0 aromatic heterocycles. The molecule has 168 valence electrons. The van der Waals surface area contributed by atoms with E-state index < -0.39 is 0 Å². The minimum atomic E-state index is -0.206. The van der Waals surface area contributed by atoms with Crippen molar-refractivity contribution >= 4 is 11.7 Å². The minimum Gasteiger partial charge on any atom is -0.489 e. The van der Waals surface area contributed by atoms with E-state index in [1.165, 1.54) is 5.56 Å². The number of carbonyl (C=O) groups is 2. The average molecular weight is 433 g/mol. The molecule has 2 aliphatic rings. The smallest absolute Gasteiger partial charge is 0.242 e. The largest absolute Gasteiger partial charge is 0.489 e. The number of carbonyl (C=O) groups excluding carboxylic acids is 2. The maximum absolute atomic E-state index is 13.2. The van der Waals surface area contributed by atoms with Crippen molar-refractivity contribution in [3.05, 3.63) is 76.5 Å². The molecule has 1 aliphatic carbocycles. The molecule has 0 saturated carbocycles. The molecule has 1 unspecified atom stereocenters. The summed E-state index contributed by atoms with van der Waals surface area (Å²) in [6.45, 7) is 6.77. The van der Waals surface area contributed by atoms with E-state index in [1.54, 1.807) is 10.0 Å². The number of allylic oxidation sites excluding steroid dienone is 2. The molecule has 5 heteroatoms. The Labute approximate surface area is 190 Å². The second-order valence-corrected chi connectivity index (χ2v) is 9.89. The Morgan fingerprint density at radius 3 is 2.38 bits per heavy atom. The summed E-state index contributed by atoms with van der Waals surface area (Å²) in [6, 6.07) is 16.0. The van der Waals surface area contributed by atoms with E-state index in [1.807, 2.05) is 50.5 Å². The van der Waals surface area contributed by atoms with E-state index in [0.29, 0.717) is 25.9 Å². The van der Waals surface area contributed by atoms with Crippen LogP contribution in [0.15, 0.2) is 59.8 Å². The first-order chi connectivity index (χ1) is 15.2. The molecule has 5 nitrogen and oxygen atoms in total. The van der Waals surface area contributed by atoms with Crippen molar-refractivity contribution in [1.82, 2.24) is 10.0 Å². The Kier molecular flexibility index (Phi) is 5.95. The lowest BCUT2D eigenvalue weighted by atomic mass is 9.69. The fourth-order valence-corrected chi connectivity index (χ4v) is 4.88. The summed E-state index contributed by atoms with van der Waals surface area (Å²) in [5.74, 6) is 0.756. The molecule has 0 N–H and O–H groups in total. The van der Waals surface area contributed by atoms with E-state index in [2.05, 4.69) is 32.9 Å². The first-order valence-electron chi connectivity index (χ1n) is 11.2. The highest BCUT2D eigenvalue weighted by molar-refractivity contribution is 6.01. The van der Waals surface area contributed by atoms with Crippen molar-refractivity contribution in [1.29, 1.82) is 0 Å². The summed E-state index contributed by atoms with van der Waals surface area (Å²) in [4.78, 5) is 26.3. The highest BCUT2D eigenvalue weighted by Crippen LogP contribution is 2.47. The van der Waals surface area contributed by atoms with Crippen LogP contribution in [-0.4, -0.2) is 35.8 Å². The summed E-state index contributed by atoms with van der Waals surface area (Å²) >= 11 is 0. The van der Waals surface area contributed by atoms with Crippen LogP contribution in [0.1, 0.15) is 55.7 Å². The molecule has 2 aromatic carbocycles. The van der Waals surface area contributed by atoms with Gasteiger partial charge in [-0.15, -0.1) is 0 Å². The van der Waals surface area contributed by atoms with Gasteiger partial charge in [-0.1, -0.05) is 50.2 Å². The zero-order valence-corrected chi connectivity index (χ0v) is 19.6. The van der Waals surface area contributed by atoms with E-state index in [-0.39, 0.29) is 23.0 Å². The number of amides is 1. The Hall–Kier alpha value is -2.92. The van der Waals surface area contributed by atoms with Crippen molar-refractivity contribution < 1.29 is 14.3 Å². The molecule has 0 saturated heterocycles. The van der Waals surface area contributed by atoms with Crippen LogP contribution in [0.4, 0.5) is 0 Å². The highest BCUT2D eigenvalue weighted by atomic mass is 16.5. The van der Waals surface area contributed by atoms with Crippen LogP contribution in [0.3, 0.4) is 0 Å². The molecule has 1 aliphatic heterocycles. The number of hydrogen-bond donors (Lipinski definition) is 0. The lowest BCUT2D eigenvalue weighted by Gasteiger charge is -2.44. The standard InChI is InChI=1S/C27H32N2O3/c1-18-8-6-7-9-20(18)17-32-21-12-10-19(11-13-21)22-14-25(31)29(28(4)5)23-15-27(2,3)16-24(30)26(22)23/h6-13,22H,14-17H2,1-5H3. The van der Waals surface area contributed by atoms with E-state index in [4.69, 9.17) is 4.74 Å². The van der Waals surface area contributed by atoms with Crippen molar-refractivity contribution in [2.75, 3.05) is 14.1 Å². The molecular weight excluding hydrogens is 400 g/mol. The lowest BCUT2D eigenvalue weighted by molar-refractivity contribution is -0.143. The number of hydrazine groups is 1. The maximum Gasteiger partial charge on any atom is 0.242 e. The summed E-state index contributed by atoms with van der Waals surface area (Å²) in [5, 5.41) is 3.50. The van der Waals surface area contributed by atoms with Crippen molar-refractivity contribution in [3.63, 3.8) is 0 Å². The Morgan fingerprint density at radius 1 is 1.03 bits per heavy atom. The summed E-state index contributed by atoms with van der Waals surface area (Å²) in [6.07, 6.45) is 1.52. The number of hydrogen-bond acceptors (Lipinski definition) is 4. The fourth-order valence-electron chi connectivity index (χ4n) is 4.88. The van der Waals surface area contributed by atoms with Gasteiger partial charge in [-0.2, -0.15) is 0 Å². The van der Waals surface area contributed by atoms with Crippen LogP contribution in [0, 0.1) is 12.3 Å². The summed E-state index contributed by atoms with van der Waals surface area (Å²) in [7, 11) is 3.71. The second kappa shape index (κ2) is 8.55. The molecule has 0 bridgehead atoms. The molecule has 0 radical (unpaired) electrons. The zero-order valence-electron chi connectivity index (χ0n) is 19.6. The van der Waals surface area contributed by atoms with Crippen molar-refractivity contribution in [2.24, 2.45) is 5.41 Å². The zero-order chi connectivity index (χ0) is 23.0. The van der Waals surface area contributed by atoms with Crippen molar-refractivity contribution in [3.8, 4) is 5.75 Å². The average Bonchev–Trinajstić information content (AvgIpc) is 2.71. The molecule has 0 fully saturated rings. The van der Waals surface area contributed by atoms with Gasteiger partial charge in [-0.25, -0.2) is 10.0 Å². The molecule has 4 rings (SSSR count). The predicted molar refractivity (Wildman–Crippen MR) is 125 cm³/mol. The van der Waals surface area contributed by atoms with Crippen LogP contribution in [-0.2, 0) is 16.2 Å². The van der Waals surface area contributed by atoms with Gasteiger partial charge in [-0.3, -0.25) is 9.59 Å². The van der Waals surface area contributed by atoms with Gasteiger partial charge in [0.15, 0.2) is 5.78 Å². The number of benzene rings is 2. The highest BCUT2D eigenvalue weighted by Gasteiger charge is 2.44. The molecule has 2 aromatic rings. The number of aryl methyl sites for hydroxylation is 1. The van der Waals surface area contributed by atoms with E-state index in [9.17, 15) is 9.59 Å². The SMILES string of the molecule is Cc1ccccc1COc1ccc(C2CC(=O)N(N(C)C)C3=C2C(=O)CC(C)(C)C3)cc1. The first-order valence-corrected chi connectivity index (χ1v) is 11.2. The number of ketones is 1. The van der Waals surface area contributed by atoms with Gasteiger partial charge in [0.05, 0.1) is 0 Å². The van der Waals surface area contributed by atoms with Gasteiger partial charge in [0.2, 0.25) is 5.91 Å². The number of Topliss-reactive ketones (excluding diaryl/α,β-unsaturated/α-hetero) is 1. The van der Waals surface area contributed by atoms with Crippen LogP contribution in [0.25, 0.3) is 0 Å². The third-order valence-corrected chi connectivity index (χ3v) is 6.45. The van der Waals surface area contributed by atoms with Gasteiger partial charge in [0, 0.05) is 44.1 Å². The van der Waals surface area contributed by atoms with Crippen LogP contribution < -0.4 is 4.74 Å². The Balaban J connectivity index is 1.61. The normalized spacial score (nSPS) is 20.6.